The molecule has 1 saturated heterocycles. The molecule has 2 aliphatic heterocycles. The highest BCUT2D eigenvalue weighted by atomic mass is 16.5. The molecule has 0 saturated carbocycles. The SMILES string of the molecule is COc1cccc2c1CCN(CCN1CCOCC1)C2. The lowest BCUT2D eigenvalue weighted by molar-refractivity contribution is 0.0326. The predicted molar refractivity (Wildman–Crippen MR) is 79.2 cm³/mol. The van der Waals surface area contributed by atoms with Gasteiger partial charge in [-0.3, -0.25) is 9.80 Å². The van der Waals surface area contributed by atoms with Gasteiger partial charge in [-0.25, -0.2) is 0 Å². The summed E-state index contributed by atoms with van der Waals surface area (Å²) < 4.78 is 10.9. The van der Waals surface area contributed by atoms with Crippen LogP contribution in [-0.4, -0.2) is 62.8 Å². The van der Waals surface area contributed by atoms with Gasteiger partial charge in [-0.05, 0) is 23.6 Å². The van der Waals surface area contributed by atoms with Gasteiger partial charge in [-0.2, -0.15) is 0 Å². The van der Waals surface area contributed by atoms with Crippen LogP contribution >= 0.6 is 0 Å². The highest BCUT2D eigenvalue weighted by molar-refractivity contribution is 5.41. The normalized spacial score (nSPS) is 20.6. The number of ether oxygens (including phenoxy) is 2. The van der Waals surface area contributed by atoms with E-state index < -0.39 is 0 Å². The Morgan fingerprint density at radius 3 is 2.70 bits per heavy atom. The van der Waals surface area contributed by atoms with Crippen molar-refractivity contribution < 1.29 is 9.47 Å². The lowest BCUT2D eigenvalue weighted by Crippen LogP contribution is -2.42. The van der Waals surface area contributed by atoms with Crippen molar-refractivity contribution in [1.29, 1.82) is 0 Å². The molecule has 0 aromatic heterocycles. The van der Waals surface area contributed by atoms with Crippen molar-refractivity contribution in [2.24, 2.45) is 0 Å². The van der Waals surface area contributed by atoms with Crippen LogP contribution in [0.3, 0.4) is 0 Å². The second-order valence-electron chi connectivity index (χ2n) is 5.58. The molecule has 1 aromatic carbocycles. The van der Waals surface area contributed by atoms with Crippen LogP contribution in [-0.2, 0) is 17.7 Å². The Hall–Kier alpha value is -1.10. The quantitative estimate of drug-likeness (QED) is 0.829. The van der Waals surface area contributed by atoms with Crippen LogP contribution < -0.4 is 4.74 Å². The maximum absolute atomic E-state index is 5.46. The molecule has 4 heteroatoms. The summed E-state index contributed by atoms with van der Waals surface area (Å²) >= 11 is 0. The van der Waals surface area contributed by atoms with Gasteiger partial charge < -0.3 is 9.47 Å². The van der Waals surface area contributed by atoms with Gasteiger partial charge in [0.05, 0.1) is 20.3 Å². The summed E-state index contributed by atoms with van der Waals surface area (Å²) in [6.45, 7) is 8.43. The number of morpholine rings is 1. The molecule has 110 valence electrons. The number of rotatable bonds is 4. The summed E-state index contributed by atoms with van der Waals surface area (Å²) in [5.41, 5.74) is 2.83. The number of methoxy groups -OCH3 is 1. The molecule has 1 aromatic rings. The third-order valence-corrected chi connectivity index (χ3v) is 4.36. The van der Waals surface area contributed by atoms with Crippen molar-refractivity contribution in [3.8, 4) is 5.75 Å². The van der Waals surface area contributed by atoms with E-state index >= 15 is 0 Å². The highest BCUT2D eigenvalue weighted by Gasteiger charge is 2.20. The molecule has 0 N–H and O–H groups in total. The molecule has 4 nitrogen and oxygen atoms in total. The Morgan fingerprint density at radius 1 is 1.10 bits per heavy atom. The van der Waals surface area contributed by atoms with Crippen LogP contribution in [0.1, 0.15) is 11.1 Å². The number of hydrogen-bond acceptors (Lipinski definition) is 4. The fraction of sp³-hybridized carbons (Fsp3) is 0.625. The molecule has 1 fully saturated rings. The minimum Gasteiger partial charge on any atom is -0.496 e. The number of nitrogens with zero attached hydrogens (tertiary/aromatic N) is 2. The summed E-state index contributed by atoms with van der Waals surface area (Å²) in [6, 6.07) is 6.41. The van der Waals surface area contributed by atoms with Gasteiger partial charge in [0.25, 0.3) is 0 Å². The van der Waals surface area contributed by atoms with Crippen molar-refractivity contribution in [2.75, 3.05) is 53.0 Å². The van der Waals surface area contributed by atoms with E-state index in [1.54, 1.807) is 7.11 Å². The second kappa shape index (κ2) is 6.57. The molecule has 3 rings (SSSR count). The zero-order chi connectivity index (χ0) is 13.8. The molecule has 2 heterocycles. The van der Waals surface area contributed by atoms with Gasteiger partial charge in [0.15, 0.2) is 0 Å². The molecular weight excluding hydrogens is 252 g/mol. The molecule has 0 unspecified atom stereocenters. The third kappa shape index (κ3) is 3.14. The van der Waals surface area contributed by atoms with E-state index in [0.717, 1.165) is 64.7 Å². The van der Waals surface area contributed by atoms with Gasteiger partial charge in [0.1, 0.15) is 5.75 Å². The lowest BCUT2D eigenvalue weighted by Gasteiger charge is -2.33. The van der Waals surface area contributed by atoms with E-state index in [2.05, 4.69) is 28.0 Å². The molecular formula is C16H24N2O2. The largest absolute Gasteiger partial charge is 0.496 e. The van der Waals surface area contributed by atoms with E-state index in [0.29, 0.717) is 0 Å². The zero-order valence-electron chi connectivity index (χ0n) is 12.3. The molecule has 2 aliphatic rings. The Kier molecular flexibility index (Phi) is 4.55. The van der Waals surface area contributed by atoms with Crippen molar-refractivity contribution >= 4 is 0 Å². The molecule has 0 amide bonds. The summed E-state index contributed by atoms with van der Waals surface area (Å²) in [6.07, 6.45) is 1.10. The Bertz CT molecular complexity index is 444. The van der Waals surface area contributed by atoms with E-state index in [1.165, 1.54) is 11.1 Å². The van der Waals surface area contributed by atoms with Gasteiger partial charge in [-0.15, -0.1) is 0 Å². The van der Waals surface area contributed by atoms with Crippen molar-refractivity contribution in [2.45, 2.75) is 13.0 Å². The Balaban J connectivity index is 1.55. The average Bonchev–Trinajstić information content (AvgIpc) is 2.53. The number of hydrogen-bond donors (Lipinski definition) is 0. The summed E-state index contributed by atoms with van der Waals surface area (Å²) in [5, 5.41) is 0. The minimum atomic E-state index is 0.889. The predicted octanol–water partition coefficient (Wildman–Crippen LogP) is 1.39. The lowest BCUT2D eigenvalue weighted by atomic mass is 9.99. The maximum atomic E-state index is 5.46. The standard InChI is InChI=1S/C16H24N2O2/c1-19-16-4-2-3-14-13-18(6-5-15(14)16)8-7-17-9-11-20-12-10-17/h2-4H,5-13H2,1H3. The van der Waals surface area contributed by atoms with Crippen LogP contribution in [0.5, 0.6) is 5.75 Å². The van der Waals surface area contributed by atoms with Crippen LogP contribution in [0.25, 0.3) is 0 Å². The van der Waals surface area contributed by atoms with E-state index in [-0.39, 0.29) is 0 Å². The third-order valence-electron chi connectivity index (χ3n) is 4.36. The van der Waals surface area contributed by atoms with E-state index in [1.807, 2.05) is 0 Å². The Labute approximate surface area is 121 Å². The van der Waals surface area contributed by atoms with Gasteiger partial charge >= 0.3 is 0 Å². The van der Waals surface area contributed by atoms with Crippen molar-refractivity contribution in [1.82, 2.24) is 9.80 Å². The zero-order valence-corrected chi connectivity index (χ0v) is 12.3. The van der Waals surface area contributed by atoms with Crippen LogP contribution in [0, 0.1) is 0 Å². The smallest absolute Gasteiger partial charge is 0.122 e. The fourth-order valence-electron chi connectivity index (χ4n) is 3.12. The molecule has 20 heavy (non-hydrogen) atoms. The molecule has 0 aliphatic carbocycles. The van der Waals surface area contributed by atoms with Crippen molar-refractivity contribution in [3.63, 3.8) is 0 Å². The average molecular weight is 276 g/mol. The topological polar surface area (TPSA) is 24.9 Å². The number of benzene rings is 1. The first kappa shape index (κ1) is 13.9. The molecule has 0 bridgehead atoms. The van der Waals surface area contributed by atoms with Crippen LogP contribution in [0.15, 0.2) is 18.2 Å². The fourth-order valence-corrected chi connectivity index (χ4v) is 3.12. The molecule has 0 atom stereocenters. The second-order valence-corrected chi connectivity index (χ2v) is 5.58. The monoisotopic (exact) mass is 276 g/mol. The molecule has 0 spiro atoms. The van der Waals surface area contributed by atoms with Gasteiger partial charge in [0, 0.05) is 39.3 Å². The first-order valence-corrected chi connectivity index (χ1v) is 7.54. The first-order chi connectivity index (χ1) is 9.86. The first-order valence-electron chi connectivity index (χ1n) is 7.54. The van der Waals surface area contributed by atoms with Crippen LogP contribution in [0.2, 0.25) is 0 Å². The Morgan fingerprint density at radius 2 is 1.90 bits per heavy atom. The summed E-state index contributed by atoms with van der Waals surface area (Å²) in [5.74, 6) is 1.05. The molecule has 0 radical (unpaired) electrons. The van der Waals surface area contributed by atoms with E-state index in [4.69, 9.17) is 9.47 Å². The summed E-state index contributed by atoms with van der Waals surface area (Å²) in [7, 11) is 1.76. The van der Waals surface area contributed by atoms with E-state index in [9.17, 15) is 0 Å². The van der Waals surface area contributed by atoms with Gasteiger partial charge in [-0.1, -0.05) is 12.1 Å². The van der Waals surface area contributed by atoms with Crippen LogP contribution in [0.4, 0.5) is 0 Å². The number of fused-ring (bicyclic) bond motifs is 1. The minimum absolute atomic E-state index is 0.889. The van der Waals surface area contributed by atoms with Crippen molar-refractivity contribution in [3.05, 3.63) is 29.3 Å². The summed E-state index contributed by atoms with van der Waals surface area (Å²) in [4.78, 5) is 5.06. The highest BCUT2D eigenvalue weighted by Crippen LogP contribution is 2.27. The van der Waals surface area contributed by atoms with Gasteiger partial charge in [0.2, 0.25) is 0 Å². The maximum Gasteiger partial charge on any atom is 0.122 e.